The van der Waals surface area contributed by atoms with Gasteiger partial charge >= 0.3 is 0 Å². The van der Waals surface area contributed by atoms with Gasteiger partial charge in [-0.15, -0.1) is 0 Å². The molecular formula is C16H15ClO2S. The second-order valence-electron chi connectivity index (χ2n) is 4.62. The lowest BCUT2D eigenvalue weighted by molar-refractivity contribution is 0.102. The Morgan fingerprint density at radius 1 is 1.15 bits per heavy atom. The van der Waals surface area contributed by atoms with Crippen LogP contribution in [0, 0.1) is 6.92 Å². The van der Waals surface area contributed by atoms with E-state index >= 15 is 0 Å². The Balaban J connectivity index is 2.02. The van der Waals surface area contributed by atoms with Crippen molar-refractivity contribution in [1.29, 1.82) is 0 Å². The van der Waals surface area contributed by atoms with Crippen LogP contribution in [0.5, 0.6) is 0 Å². The van der Waals surface area contributed by atoms with Crippen LogP contribution in [0.4, 0.5) is 0 Å². The zero-order valence-corrected chi connectivity index (χ0v) is 12.7. The number of benzene rings is 2. The molecule has 0 amide bonds. The van der Waals surface area contributed by atoms with E-state index in [9.17, 15) is 9.00 Å². The number of rotatable bonds is 5. The number of Topliss-reactive ketones (excluding diaryl/α,β-unsaturated/α-hetero) is 1. The molecule has 1 unspecified atom stereocenters. The summed E-state index contributed by atoms with van der Waals surface area (Å²) >= 11 is 5.96. The van der Waals surface area contributed by atoms with Gasteiger partial charge in [0.25, 0.3) is 0 Å². The van der Waals surface area contributed by atoms with E-state index in [1.54, 1.807) is 24.3 Å². The molecule has 0 aromatic heterocycles. The van der Waals surface area contributed by atoms with Gasteiger partial charge in [0.05, 0.1) is 10.8 Å². The van der Waals surface area contributed by atoms with Crippen LogP contribution in [0.15, 0.2) is 48.5 Å². The van der Waals surface area contributed by atoms with Gasteiger partial charge in [0.15, 0.2) is 5.78 Å². The molecule has 0 bridgehead atoms. The predicted octanol–water partition coefficient (Wildman–Crippen LogP) is 3.78. The summed E-state index contributed by atoms with van der Waals surface area (Å²) in [5.74, 6) is 0.205. The molecule has 4 heteroatoms. The van der Waals surface area contributed by atoms with E-state index < -0.39 is 10.8 Å². The van der Waals surface area contributed by atoms with E-state index in [-0.39, 0.29) is 11.5 Å². The maximum atomic E-state index is 12.1. The van der Waals surface area contributed by atoms with Crippen LogP contribution in [-0.4, -0.2) is 15.7 Å². The fourth-order valence-electron chi connectivity index (χ4n) is 1.95. The highest BCUT2D eigenvalue weighted by molar-refractivity contribution is 7.85. The van der Waals surface area contributed by atoms with Gasteiger partial charge in [-0.2, -0.15) is 0 Å². The first-order chi connectivity index (χ1) is 9.56. The molecule has 1 atom stereocenters. The molecule has 0 spiro atoms. The van der Waals surface area contributed by atoms with Crippen molar-refractivity contribution in [3.8, 4) is 0 Å². The molecule has 0 saturated carbocycles. The van der Waals surface area contributed by atoms with Crippen LogP contribution in [-0.2, 0) is 16.6 Å². The summed E-state index contributed by atoms with van der Waals surface area (Å²) < 4.78 is 12.1. The normalized spacial score (nSPS) is 12.1. The first-order valence-electron chi connectivity index (χ1n) is 6.24. The Kier molecular flexibility index (Phi) is 5.10. The largest absolute Gasteiger partial charge is 0.293 e. The number of aryl methyl sites for hydroxylation is 1. The lowest BCUT2D eigenvalue weighted by Gasteiger charge is -2.05. The van der Waals surface area contributed by atoms with Crippen LogP contribution in [0.2, 0.25) is 5.02 Å². The number of hydrogen-bond acceptors (Lipinski definition) is 2. The van der Waals surface area contributed by atoms with Gasteiger partial charge in [0.2, 0.25) is 0 Å². The standard InChI is InChI=1S/C16H15ClO2S/c1-12-5-4-6-13(9-12)10-20(19)11-16(18)14-7-2-3-8-15(14)17/h2-9H,10-11H2,1H3. The number of carbonyl (C=O) groups excluding carboxylic acids is 1. The molecule has 0 saturated heterocycles. The van der Waals surface area contributed by atoms with Crippen molar-refractivity contribution in [1.82, 2.24) is 0 Å². The topological polar surface area (TPSA) is 34.1 Å². The minimum Gasteiger partial charge on any atom is -0.293 e. The third-order valence-corrected chi connectivity index (χ3v) is 4.45. The van der Waals surface area contributed by atoms with Crippen molar-refractivity contribution in [3.63, 3.8) is 0 Å². The van der Waals surface area contributed by atoms with Gasteiger partial charge < -0.3 is 0 Å². The monoisotopic (exact) mass is 306 g/mol. The van der Waals surface area contributed by atoms with Crippen LogP contribution >= 0.6 is 11.6 Å². The fourth-order valence-corrected chi connectivity index (χ4v) is 3.29. The van der Waals surface area contributed by atoms with E-state index in [1.165, 1.54) is 0 Å². The second kappa shape index (κ2) is 6.82. The highest BCUT2D eigenvalue weighted by Gasteiger charge is 2.13. The maximum absolute atomic E-state index is 12.1. The summed E-state index contributed by atoms with van der Waals surface area (Å²) in [4.78, 5) is 12.1. The maximum Gasteiger partial charge on any atom is 0.176 e. The minimum atomic E-state index is -1.23. The van der Waals surface area contributed by atoms with Crippen LogP contribution < -0.4 is 0 Å². The van der Waals surface area contributed by atoms with E-state index in [4.69, 9.17) is 11.6 Å². The van der Waals surface area contributed by atoms with Gasteiger partial charge in [-0.25, -0.2) is 0 Å². The summed E-state index contributed by atoms with van der Waals surface area (Å²) in [7, 11) is -1.23. The molecule has 0 radical (unpaired) electrons. The van der Waals surface area contributed by atoms with E-state index in [1.807, 2.05) is 31.2 Å². The molecule has 104 valence electrons. The lowest BCUT2D eigenvalue weighted by atomic mass is 10.1. The first-order valence-corrected chi connectivity index (χ1v) is 8.11. The Morgan fingerprint density at radius 3 is 2.60 bits per heavy atom. The van der Waals surface area contributed by atoms with Crippen molar-refractivity contribution in [3.05, 3.63) is 70.2 Å². The summed E-state index contributed by atoms with van der Waals surface area (Å²) in [6, 6.07) is 14.7. The Morgan fingerprint density at radius 2 is 1.90 bits per heavy atom. The van der Waals surface area contributed by atoms with Crippen LogP contribution in [0.3, 0.4) is 0 Å². The van der Waals surface area contributed by atoms with Gasteiger partial charge in [-0.05, 0) is 24.6 Å². The quantitative estimate of drug-likeness (QED) is 0.788. The third kappa shape index (κ3) is 4.02. The number of hydrogen-bond donors (Lipinski definition) is 0. The number of halogens is 1. The second-order valence-corrected chi connectivity index (χ2v) is 6.48. The Bertz CT molecular complexity index is 652. The summed E-state index contributed by atoms with van der Waals surface area (Å²) in [6.07, 6.45) is 0. The van der Waals surface area contributed by atoms with Gasteiger partial charge in [0.1, 0.15) is 0 Å². The molecule has 0 fully saturated rings. The molecule has 0 heterocycles. The Labute approximate surface area is 126 Å². The molecule has 2 nitrogen and oxygen atoms in total. The smallest absolute Gasteiger partial charge is 0.176 e. The molecule has 0 aliphatic heterocycles. The van der Waals surface area contributed by atoms with Gasteiger partial charge in [0, 0.05) is 22.1 Å². The zero-order valence-electron chi connectivity index (χ0n) is 11.1. The molecule has 0 aliphatic carbocycles. The summed E-state index contributed by atoms with van der Waals surface area (Å²) in [5.41, 5.74) is 2.54. The van der Waals surface area contributed by atoms with Crippen molar-refractivity contribution in [2.24, 2.45) is 0 Å². The van der Waals surface area contributed by atoms with Gasteiger partial charge in [-0.3, -0.25) is 9.00 Å². The highest BCUT2D eigenvalue weighted by Crippen LogP contribution is 2.16. The summed E-state index contributed by atoms with van der Waals surface area (Å²) in [6.45, 7) is 1.99. The van der Waals surface area contributed by atoms with Crippen LogP contribution in [0.25, 0.3) is 0 Å². The molecule has 0 N–H and O–H groups in total. The highest BCUT2D eigenvalue weighted by atomic mass is 35.5. The van der Waals surface area contributed by atoms with E-state index in [0.29, 0.717) is 16.3 Å². The molecule has 20 heavy (non-hydrogen) atoms. The average molecular weight is 307 g/mol. The summed E-state index contributed by atoms with van der Waals surface area (Å²) in [5, 5.41) is 0.407. The fraction of sp³-hybridized carbons (Fsp3) is 0.188. The molecule has 2 aromatic carbocycles. The number of carbonyl (C=O) groups is 1. The first kappa shape index (κ1) is 14.9. The van der Waals surface area contributed by atoms with Crippen molar-refractivity contribution in [2.75, 3.05) is 5.75 Å². The van der Waals surface area contributed by atoms with Crippen LogP contribution in [0.1, 0.15) is 21.5 Å². The average Bonchev–Trinajstić information content (AvgIpc) is 2.38. The molecular weight excluding hydrogens is 292 g/mol. The molecule has 0 aliphatic rings. The Hall–Kier alpha value is -1.45. The zero-order chi connectivity index (χ0) is 14.5. The SMILES string of the molecule is Cc1cccc(CS(=O)CC(=O)c2ccccc2Cl)c1. The predicted molar refractivity (Wildman–Crippen MR) is 83.7 cm³/mol. The minimum absolute atomic E-state index is 0.00231. The lowest BCUT2D eigenvalue weighted by Crippen LogP contribution is -2.12. The van der Waals surface area contributed by atoms with Crippen molar-refractivity contribution < 1.29 is 9.00 Å². The van der Waals surface area contributed by atoms with E-state index in [0.717, 1.165) is 11.1 Å². The molecule has 2 rings (SSSR count). The van der Waals surface area contributed by atoms with Crippen molar-refractivity contribution >= 4 is 28.2 Å². The van der Waals surface area contributed by atoms with Gasteiger partial charge in [-0.1, -0.05) is 53.6 Å². The van der Waals surface area contributed by atoms with Crippen molar-refractivity contribution in [2.45, 2.75) is 12.7 Å². The van der Waals surface area contributed by atoms with E-state index in [2.05, 4.69) is 0 Å². The third-order valence-electron chi connectivity index (χ3n) is 2.88. The number of ketones is 1. The molecule has 2 aromatic rings.